The highest BCUT2D eigenvalue weighted by Crippen LogP contribution is 2.29. The quantitative estimate of drug-likeness (QED) is 0.895. The number of aromatic amines is 1. The van der Waals surface area contributed by atoms with Crippen LogP contribution in [0, 0.1) is 6.92 Å². The van der Waals surface area contributed by atoms with E-state index in [1.165, 1.54) is 11.8 Å². The first-order valence-corrected chi connectivity index (χ1v) is 6.38. The van der Waals surface area contributed by atoms with E-state index in [1.54, 1.807) is 0 Å². The van der Waals surface area contributed by atoms with Gasteiger partial charge in [-0.3, -0.25) is 5.10 Å². The molecule has 0 aliphatic rings. The van der Waals surface area contributed by atoms with Gasteiger partial charge in [-0.05, 0) is 49.5 Å². The van der Waals surface area contributed by atoms with Gasteiger partial charge in [-0.25, -0.2) is 4.98 Å². The van der Waals surface area contributed by atoms with Crippen LogP contribution in [0.25, 0.3) is 0 Å². The van der Waals surface area contributed by atoms with Gasteiger partial charge in [0, 0.05) is 16.5 Å². The molecule has 6 heteroatoms. The molecule has 2 rings (SSSR count). The molecule has 2 N–H and O–H groups in total. The first kappa shape index (κ1) is 12.4. The number of nitrogens with one attached hydrogen (secondary N) is 2. The fourth-order valence-electron chi connectivity index (χ4n) is 1.44. The highest BCUT2D eigenvalue weighted by atomic mass is 35.5. The SMILES string of the molecule is CNCc1cc(Cl)ccc1Sc1n[nH]c(C)n1. The lowest BCUT2D eigenvalue weighted by atomic mass is 10.2. The van der Waals surface area contributed by atoms with Crippen LogP contribution >= 0.6 is 23.4 Å². The number of hydrogen-bond acceptors (Lipinski definition) is 4. The van der Waals surface area contributed by atoms with Crippen LogP contribution in [-0.2, 0) is 6.54 Å². The fraction of sp³-hybridized carbons (Fsp3) is 0.273. The van der Waals surface area contributed by atoms with Crippen LogP contribution in [0.15, 0.2) is 28.3 Å². The molecule has 0 unspecified atom stereocenters. The summed E-state index contributed by atoms with van der Waals surface area (Å²) in [7, 11) is 1.91. The summed E-state index contributed by atoms with van der Waals surface area (Å²) >= 11 is 7.52. The van der Waals surface area contributed by atoms with E-state index in [2.05, 4.69) is 20.5 Å². The Morgan fingerprint density at radius 3 is 2.94 bits per heavy atom. The molecule has 0 aliphatic carbocycles. The number of nitrogens with zero attached hydrogens (tertiary/aromatic N) is 2. The lowest BCUT2D eigenvalue weighted by Crippen LogP contribution is -2.06. The first-order valence-electron chi connectivity index (χ1n) is 5.19. The second kappa shape index (κ2) is 5.53. The summed E-state index contributed by atoms with van der Waals surface area (Å²) in [6.07, 6.45) is 0. The molecule has 0 amide bonds. The molecule has 1 heterocycles. The summed E-state index contributed by atoms with van der Waals surface area (Å²) in [5.74, 6) is 0.816. The molecule has 17 heavy (non-hydrogen) atoms. The van der Waals surface area contributed by atoms with Gasteiger partial charge in [-0.1, -0.05) is 11.6 Å². The molecular formula is C11H13ClN4S. The number of rotatable bonds is 4. The predicted molar refractivity (Wildman–Crippen MR) is 69.5 cm³/mol. The minimum Gasteiger partial charge on any atom is -0.316 e. The third kappa shape index (κ3) is 3.21. The summed E-state index contributed by atoms with van der Waals surface area (Å²) < 4.78 is 0. The zero-order chi connectivity index (χ0) is 12.3. The van der Waals surface area contributed by atoms with E-state index in [0.717, 1.165) is 33.0 Å². The van der Waals surface area contributed by atoms with Gasteiger partial charge in [0.15, 0.2) is 0 Å². The Morgan fingerprint density at radius 2 is 2.29 bits per heavy atom. The molecular weight excluding hydrogens is 256 g/mol. The molecule has 90 valence electrons. The highest BCUT2D eigenvalue weighted by Gasteiger charge is 2.08. The molecule has 4 nitrogen and oxygen atoms in total. The van der Waals surface area contributed by atoms with E-state index in [1.807, 2.05) is 32.2 Å². The summed E-state index contributed by atoms with van der Waals surface area (Å²) in [4.78, 5) is 5.39. The standard InChI is InChI=1S/C11H13ClN4S/c1-7-14-11(16-15-7)17-10-4-3-9(12)5-8(10)6-13-2/h3-5,13H,6H2,1-2H3,(H,14,15,16). The predicted octanol–water partition coefficient (Wildman–Crippen LogP) is 2.64. The second-order valence-corrected chi connectivity index (χ2v) is 5.03. The molecule has 0 bridgehead atoms. The van der Waals surface area contributed by atoms with Crippen LogP contribution in [0.3, 0.4) is 0 Å². The van der Waals surface area contributed by atoms with Crippen molar-refractivity contribution in [1.29, 1.82) is 0 Å². The van der Waals surface area contributed by atoms with Crippen LogP contribution in [0.1, 0.15) is 11.4 Å². The van der Waals surface area contributed by atoms with Crippen LogP contribution in [0.4, 0.5) is 0 Å². The van der Waals surface area contributed by atoms with Crippen molar-refractivity contribution in [2.24, 2.45) is 0 Å². The topological polar surface area (TPSA) is 53.6 Å². The largest absolute Gasteiger partial charge is 0.316 e. The fourth-order valence-corrected chi connectivity index (χ4v) is 2.51. The average Bonchev–Trinajstić information content (AvgIpc) is 2.69. The summed E-state index contributed by atoms with van der Waals surface area (Å²) in [5, 5.41) is 11.5. The van der Waals surface area contributed by atoms with E-state index in [4.69, 9.17) is 11.6 Å². The average molecular weight is 269 g/mol. The van der Waals surface area contributed by atoms with Crippen molar-refractivity contribution in [2.45, 2.75) is 23.5 Å². The van der Waals surface area contributed by atoms with E-state index >= 15 is 0 Å². The van der Waals surface area contributed by atoms with E-state index in [9.17, 15) is 0 Å². The third-order valence-corrected chi connectivity index (χ3v) is 3.39. The second-order valence-electron chi connectivity index (χ2n) is 3.59. The van der Waals surface area contributed by atoms with Gasteiger partial charge in [0.25, 0.3) is 0 Å². The Kier molecular flexibility index (Phi) is 4.04. The van der Waals surface area contributed by atoms with Gasteiger partial charge in [0.2, 0.25) is 5.16 Å². The zero-order valence-electron chi connectivity index (χ0n) is 9.62. The number of aromatic nitrogens is 3. The van der Waals surface area contributed by atoms with Gasteiger partial charge >= 0.3 is 0 Å². The number of hydrogen-bond donors (Lipinski definition) is 2. The Bertz CT molecular complexity index is 512. The minimum atomic E-state index is 0.724. The number of benzene rings is 1. The van der Waals surface area contributed by atoms with E-state index < -0.39 is 0 Å². The molecule has 0 atom stereocenters. The number of H-pyrrole nitrogens is 1. The Labute approximate surface area is 109 Å². The van der Waals surface area contributed by atoms with Crippen molar-refractivity contribution in [3.8, 4) is 0 Å². The van der Waals surface area contributed by atoms with Crippen LogP contribution in [0.5, 0.6) is 0 Å². The molecule has 0 aliphatic heterocycles. The van der Waals surface area contributed by atoms with Gasteiger partial charge < -0.3 is 5.32 Å². The molecule has 0 saturated heterocycles. The minimum absolute atomic E-state index is 0.724. The van der Waals surface area contributed by atoms with Crippen molar-refractivity contribution >= 4 is 23.4 Å². The lowest BCUT2D eigenvalue weighted by Gasteiger charge is -2.07. The number of aryl methyl sites for hydroxylation is 1. The van der Waals surface area contributed by atoms with Gasteiger partial charge in [0.05, 0.1) is 0 Å². The van der Waals surface area contributed by atoms with E-state index in [-0.39, 0.29) is 0 Å². The Morgan fingerprint density at radius 1 is 1.47 bits per heavy atom. The molecule has 0 fully saturated rings. The van der Waals surface area contributed by atoms with Gasteiger partial charge in [-0.2, -0.15) is 0 Å². The summed E-state index contributed by atoms with van der Waals surface area (Å²) in [6, 6.07) is 5.83. The van der Waals surface area contributed by atoms with Crippen LogP contribution < -0.4 is 5.32 Å². The van der Waals surface area contributed by atoms with Crippen molar-refractivity contribution < 1.29 is 0 Å². The van der Waals surface area contributed by atoms with Gasteiger partial charge in [0.1, 0.15) is 5.82 Å². The molecule has 0 spiro atoms. The zero-order valence-corrected chi connectivity index (χ0v) is 11.2. The van der Waals surface area contributed by atoms with Crippen LogP contribution in [0.2, 0.25) is 5.02 Å². The summed E-state index contributed by atoms with van der Waals surface area (Å²) in [5.41, 5.74) is 1.15. The lowest BCUT2D eigenvalue weighted by molar-refractivity contribution is 0.802. The van der Waals surface area contributed by atoms with Crippen molar-refractivity contribution in [3.63, 3.8) is 0 Å². The maximum Gasteiger partial charge on any atom is 0.213 e. The highest BCUT2D eigenvalue weighted by molar-refractivity contribution is 7.99. The normalized spacial score (nSPS) is 10.8. The van der Waals surface area contributed by atoms with Crippen molar-refractivity contribution in [2.75, 3.05) is 7.05 Å². The first-order chi connectivity index (χ1) is 8.19. The van der Waals surface area contributed by atoms with Crippen LogP contribution in [-0.4, -0.2) is 22.2 Å². The maximum absolute atomic E-state index is 5.99. The molecule has 1 aromatic heterocycles. The molecule has 0 radical (unpaired) electrons. The van der Waals surface area contributed by atoms with Crippen molar-refractivity contribution in [3.05, 3.63) is 34.6 Å². The molecule has 0 saturated carbocycles. The smallest absolute Gasteiger partial charge is 0.213 e. The van der Waals surface area contributed by atoms with E-state index in [0.29, 0.717) is 0 Å². The summed E-state index contributed by atoms with van der Waals surface area (Å²) in [6.45, 7) is 2.65. The molecule has 2 aromatic rings. The Hall–Kier alpha value is -1.04. The van der Waals surface area contributed by atoms with Crippen molar-refractivity contribution in [1.82, 2.24) is 20.5 Å². The maximum atomic E-state index is 5.99. The monoisotopic (exact) mass is 268 g/mol. The molecule has 1 aromatic carbocycles. The Balaban J connectivity index is 2.25. The number of halogens is 1. The van der Waals surface area contributed by atoms with Gasteiger partial charge in [-0.15, -0.1) is 5.10 Å². The third-order valence-electron chi connectivity index (χ3n) is 2.17.